The van der Waals surface area contributed by atoms with Gasteiger partial charge in [-0.25, -0.2) is 4.98 Å². The van der Waals surface area contributed by atoms with E-state index in [1.54, 1.807) is 0 Å². The molecule has 0 bridgehead atoms. The zero-order valence-corrected chi connectivity index (χ0v) is 16.8. The van der Waals surface area contributed by atoms with E-state index in [9.17, 15) is 0 Å². The molecule has 1 fully saturated rings. The van der Waals surface area contributed by atoms with Gasteiger partial charge in [-0.15, -0.1) is 0 Å². The largest absolute Gasteiger partial charge is 0.384 e. The molecule has 0 spiro atoms. The number of aryl methyl sites for hydroxylation is 1. The van der Waals surface area contributed by atoms with Gasteiger partial charge in [-0.05, 0) is 69.6 Å². The van der Waals surface area contributed by atoms with E-state index in [2.05, 4.69) is 52.8 Å². The number of hydrogen-bond donors (Lipinski definition) is 3. The summed E-state index contributed by atoms with van der Waals surface area (Å²) in [6.45, 7) is 5.22. The van der Waals surface area contributed by atoms with Gasteiger partial charge in [0.25, 0.3) is 0 Å². The third-order valence-electron chi connectivity index (χ3n) is 5.61. The number of likely N-dealkylation sites (N-methyl/N-ethyl adjacent to an activating group) is 2. The summed E-state index contributed by atoms with van der Waals surface area (Å²) >= 11 is 0. The van der Waals surface area contributed by atoms with Gasteiger partial charge in [-0.1, -0.05) is 18.2 Å². The lowest BCUT2D eigenvalue weighted by atomic mass is 9.88. The highest BCUT2D eigenvalue weighted by Gasteiger charge is 2.25. The van der Waals surface area contributed by atoms with Gasteiger partial charge >= 0.3 is 0 Å². The molecule has 27 heavy (non-hydrogen) atoms. The second-order valence-corrected chi connectivity index (χ2v) is 7.63. The molecule has 1 aromatic heterocycles. The predicted octanol–water partition coefficient (Wildman–Crippen LogP) is 2.71. The monoisotopic (exact) mass is 367 g/mol. The van der Waals surface area contributed by atoms with Crippen molar-refractivity contribution < 1.29 is 0 Å². The Morgan fingerprint density at radius 3 is 2.63 bits per heavy atom. The van der Waals surface area contributed by atoms with Gasteiger partial charge in [-0.3, -0.25) is 0 Å². The zero-order chi connectivity index (χ0) is 19.2. The van der Waals surface area contributed by atoms with Crippen LogP contribution in [0.1, 0.15) is 35.6 Å². The summed E-state index contributed by atoms with van der Waals surface area (Å²) < 4.78 is 0. The van der Waals surface area contributed by atoms with Crippen molar-refractivity contribution in [2.45, 2.75) is 38.1 Å². The summed E-state index contributed by atoms with van der Waals surface area (Å²) in [6, 6.07) is 13.3. The lowest BCUT2D eigenvalue weighted by molar-refractivity contribution is 0.484. The fourth-order valence-electron chi connectivity index (χ4n) is 4.07. The maximum absolute atomic E-state index is 6.04. The van der Waals surface area contributed by atoms with Gasteiger partial charge in [0.1, 0.15) is 5.82 Å². The number of nitrogen functional groups attached to an aromatic ring is 1. The van der Waals surface area contributed by atoms with Crippen LogP contribution >= 0.6 is 0 Å². The van der Waals surface area contributed by atoms with E-state index in [-0.39, 0.29) is 0 Å². The Hall–Kier alpha value is -2.11. The highest BCUT2D eigenvalue weighted by atomic mass is 15.1. The lowest BCUT2D eigenvalue weighted by Crippen LogP contribution is -2.37. The fraction of sp³-hybridized carbons (Fsp3) is 0.500. The Morgan fingerprint density at radius 2 is 1.96 bits per heavy atom. The second kappa shape index (κ2) is 9.20. The van der Waals surface area contributed by atoms with E-state index in [1.807, 2.05) is 20.2 Å². The van der Waals surface area contributed by atoms with Gasteiger partial charge in [0.05, 0.1) is 0 Å². The van der Waals surface area contributed by atoms with Crippen LogP contribution in [0.4, 0.5) is 11.5 Å². The smallest absolute Gasteiger partial charge is 0.123 e. The summed E-state index contributed by atoms with van der Waals surface area (Å²) in [4.78, 5) is 7.26. The first-order valence-corrected chi connectivity index (χ1v) is 9.99. The standard InChI is InChI=1S/C22H33N5/c1-16-5-4-6-20(13-16)27-11-9-17(10-12-27)22-18(7-8-21(23)26-22)14-19(25-3)15-24-2/h4-8,13,17,19,24-25H,9-12,14-15H2,1-3H3,(H2,23,26). The molecule has 0 amide bonds. The van der Waals surface area contributed by atoms with Crippen molar-refractivity contribution in [3.63, 3.8) is 0 Å². The first-order chi connectivity index (χ1) is 13.1. The molecular formula is C22H33N5. The first kappa shape index (κ1) is 19.6. The van der Waals surface area contributed by atoms with Crippen molar-refractivity contribution in [2.24, 2.45) is 0 Å². The SMILES string of the molecule is CNCC(Cc1ccc(N)nc1C1CCN(c2cccc(C)c2)CC1)NC. The Morgan fingerprint density at radius 1 is 1.19 bits per heavy atom. The minimum atomic E-state index is 0.395. The molecule has 3 rings (SSSR count). The molecule has 2 aromatic rings. The number of pyridine rings is 1. The minimum Gasteiger partial charge on any atom is -0.384 e. The van der Waals surface area contributed by atoms with Crippen molar-refractivity contribution in [3.05, 3.63) is 53.2 Å². The fourth-order valence-corrected chi connectivity index (χ4v) is 4.07. The summed E-state index contributed by atoms with van der Waals surface area (Å²) in [7, 11) is 4.01. The number of nitrogens with two attached hydrogens (primary N) is 1. The van der Waals surface area contributed by atoms with Crippen LogP contribution in [0.15, 0.2) is 36.4 Å². The van der Waals surface area contributed by atoms with E-state index in [4.69, 9.17) is 10.7 Å². The third-order valence-corrected chi connectivity index (χ3v) is 5.61. The van der Waals surface area contributed by atoms with Gasteiger partial charge in [0.15, 0.2) is 0 Å². The summed E-state index contributed by atoms with van der Waals surface area (Å²) in [6.07, 6.45) is 3.21. The Balaban J connectivity index is 1.72. The third kappa shape index (κ3) is 4.99. The van der Waals surface area contributed by atoms with Crippen LogP contribution in [0.25, 0.3) is 0 Å². The number of nitrogens with zero attached hydrogens (tertiary/aromatic N) is 2. The Labute approximate surface area is 163 Å². The van der Waals surface area contributed by atoms with Gasteiger partial charge in [-0.2, -0.15) is 0 Å². The molecule has 2 heterocycles. The molecule has 1 aromatic carbocycles. The van der Waals surface area contributed by atoms with Crippen LogP contribution in [0, 0.1) is 6.92 Å². The second-order valence-electron chi connectivity index (χ2n) is 7.63. The summed E-state index contributed by atoms with van der Waals surface area (Å²) in [5.74, 6) is 1.11. The van der Waals surface area contributed by atoms with E-state index in [1.165, 1.54) is 22.5 Å². The normalized spacial score (nSPS) is 16.5. The van der Waals surface area contributed by atoms with E-state index in [0.29, 0.717) is 17.8 Å². The maximum Gasteiger partial charge on any atom is 0.123 e. The number of rotatable bonds is 7. The molecule has 146 valence electrons. The van der Waals surface area contributed by atoms with Crippen molar-refractivity contribution >= 4 is 11.5 Å². The first-order valence-electron chi connectivity index (χ1n) is 9.99. The van der Waals surface area contributed by atoms with Crippen LogP contribution in [-0.4, -0.2) is 44.8 Å². The lowest BCUT2D eigenvalue weighted by Gasteiger charge is -2.34. The minimum absolute atomic E-state index is 0.395. The van der Waals surface area contributed by atoms with Crippen molar-refractivity contribution in [1.82, 2.24) is 15.6 Å². The van der Waals surface area contributed by atoms with Gasteiger partial charge in [0.2, 0.25) is 0 Å². The number of hydrogen-bond acceptors (Lipinski definition) is 5. The number of benzene rings is 1. The average Bonchev–Trinajstić information content (AvgIpc) is 2.69. The highest BCUT2D eigenvalue weighted by Crippen LogP contribution is 2.32. The topological polar surface area (TPSA) is 66.2 Å². The van der Waals surface area contributed by atoms with E-state index >= 15 is 0 Å². The van der Waals surface area contributed by atoms with Crippen LogP contribution in [0.3, 0.4) is 0 Å². The molecule has 4 N–H and O–H groups in total. The molecule has 5 nitrogen and oxygen atoms in total. The predicted molar refractivity (Wildman–Crippen MR) is 114 cm³/mol. The Bertz CT molecular complexity index is 737. The van der Waals surface area contributed by atoms with E-state index < -0.39 is 0 Å². The molecule has 5 heteroatoms. The molecule has 1 saturated heterocycles. The zero-order valence-electron chi connectivity index (χ0n) is 16.8. The van der Waals surface area contributed by atoms with Gasteiger partial charge < -0.3 is 21.3 Å². The summed E-state index contributed by atoms with van der Waals surface area (Å²) in [5, 5.41) is 6.66. The molecule has 1 aliphatic heterocycles. The molecule has 1 unspecified atom stereocenters. The molecule has 1 aliphatic rings. The molecule has 0 saturated carbocycles. The summed E-state index contributed by atoms with van der Waals surface area (Å²) in [5.41, 5.74) is 11.2. The number of nitrogens with one attached hydrogen (secondary N) is 2. The van der Waals surface area contributed by atoms with Crippen molar-refractivity contribution in [3.8, 4) is 0 Å². The maximum atomic E-state index is 6.04. The van der Waals surface area contributed by atoms with Crippen LogP contribution in [0.5, 0.6) is 0 Å². The van der Waals surface area contributed by atoms with Gasteiger partial charge in [0, 0.05) is 43.0 Å². The average molecular weight is 368 g/mol. The Kier molecular flexibility index (Phi) is 6.69. The van der Waals surface area contributed by atoms with Crippen molar-refractivity contribution in [1.29, 1.82) is 0 Å². The highest BCUT2D eigenvalue weighted by molar-refractivity contribution is 5.49. The van der Waals surface area contributed by atoms with Crippen LogP contribution < -0.4 is 21.3 Å². The molecule has 0 aliphatic carbocycles. The van der Waals surface area contributed by atoms with Crippen LogP contribution in [0.2, 0.25) is 0 Å². The number of piperidine rings is 1. The molecule has 1 atom stereocenters. The number of anilines is 2. The van der Waals surface area contributed by atoms with E-state index in [0.717, 1.165) is 38.9 Å². The number of aromatic nitrogens is 1. The quantitative estimate of drug-likeness (QED) is 0.702. The van der Waals surface area contributed by atoms with Crippen LogP contribution in [-0.2, 0) is 6.42 Å². The molecular weight excluding hydrogens is 334 g/mol. The molecule has 0 radical (unpaired) electrons. The van der Waals surface area contributed by atoms with Crippen molar-refractivity contribution in [2.75, 3.05) is 44.4 Å².